The van der Waals surface area contributed by atoms with Crippen molar-refractivity contribution < 1.29 is 0 Å². The van der Waals surface area contributed by atoms with Gasteiger partial charge in [0.25, 0.3) is 0 Å². The number of hydrogen-bond donors (Lipinski definition) is 1. The lowest BCUT2D eigenvalue weighted by Gasteiger charge is -2.35. The zero-order chi connectivity index (χ0) is 11.7. The fraction of sp³-hybridized carbons (Fsp3) is 0.571. The van der Waals surface area contributed by atoms with E-state index in [1.807, 2.05) is 0 Å². The van der Waals surface area contributed by atoms with Crippen molar-refractivity contribution in [2.24, 2.45) is 0 Å². The van der Waals surface area contributed by atoms with Gasteiger partial charge in [-0.2, -0.15) is 0 Å². The van der Waals surface area contributed by atoms with Crippen molar-refractivity contribution in [3.05, 3.63) is 28.7 Å². The van der Waals surface area contributed by atoms with Crippen LogP contribution in [0.2, 0.25) is 0 Å². The van der Waals surface area contributed by atoms with E-state index < -0.39 is 0 Å². The molecule has 92 valence electrons. The van der Waals surface area contributed by atoms with Gasteiger partial charge in [0.1, 0.15) is 0 Å². The quantitative estimate of drug-likeness (QED) is 0.898. The van der Waals surface area contributed by atoms with E-state index in [-0.39, 0.29) is 0 Å². The average Bonchev–Trinajstić information content (AvgIpc) is 2.79. The van der Waals surface area contributed by atoms with Gasteiger partial charge in [-0.3, -0.25) is 0 Å². The Kier molecular flexibility index (Phi) is 3.39. The van der Waals surface area contributed by atoms with Crippen molar-refractivity contribution in [3.8, 4) is 0 Å². The summed E-state index contributed by atoms with van der Waals surface area (Å²) in [5, 5.41) is 3.69. The standard InChI is InChI=1S/C14H19BrN2/c15-13-5-1-2-6-14(13)16-11-7-9-17-8-3-4-12(17)10-11/h1-2,5-6,11-12,16H,3-4,7-10H2. The van der Waals surface area contributed by atoms with Crippen LogP contribution in [0.1, 0.15) is 25.7 Å². The minimum Gasteiger partial charge on any atom is -0.381 e. The summed E-state index contributed by atoms with van der Waals surface area (Å²) in [6.07, 6.45) is 5.37. The first kappa shape index (κ1) is 11.5. The first-order valence-electron chi connectivity index (χ1n) is 6.58. The maximum Gasteiger partial charge on any atom is 0.0486 e. The molecule has 2 heterocycles. The minimum absolute atomic E-state index is 0.646. The molecular formula is C14H19BrN2. The molecule has 0 spiro atoms. The molecule has 2 fully saturated rings. The average molecular weight is 295 g/mol. The second-order valence-corrected chi connectivity index (χ2v) is 6.03. The van der Waals surface area contributed by atoms with E-state index in [0.717, 1.165) is 6.04 Å². The molecule has 1 N–H and O–H groups in total. The third kappa shape index (κ3) is 2.50. The van der Waals surface area contributed by atoms with E-state index in [4.69, 9.17) is 0 Å². The summed E-state index contributed by atoms with van der Waals surface area (Å²) in [7, 11) is 0. The van der Waals surface area contributed by atoms with Crippen LogP contribution in [0.3, 0.4) is 0 Å². The molecule has 0 radical (unpaired) electrons. The first-order valence-corrected chi connectivity index (χ1v) is 7.37. The molecule has 0 amide bonds. The van der Waals surface area contributed by atoms with Crippen molar-refractivity contribution in [2.75, 3.05) is 18.4 Å². The smallest absolute Gasteiger partial charge is 0.0486 e. The molecule has 3 rings (SSSR count). The molecule has 1 aromatic rings. The Hall–Kier alpha value is -0.540. The monoisotopic (exact) mass is 294 g/mol. The summed E-state index contributed by atoms with van der Waals surface area (Å²) in [5.41, 5.74) is 1.24. The van der Waals surface area contributed by atoms with E-state index >= 15 is 0 Å². The van der Waals surface area contributed by atoms with Crippen LogP contribution in [0, 0.1) is 0 Å². The van der Waals surface area contributed by atoms with Crippen LogP contribution in [0.25, 0.3) is 0 Å². The second-order valence-electron chi connectivity index (χ2n) is 5.18. The Bertz CT molecular complexity index is 394. The predicted octanol–water partition coefficient (Wildman–Crippen LogP) is 3.49. The van der Waals surface area contributed by atoms with Gasteiger partial charge in [0.2, 0.25) is 0 Å². The van der Waals surface area contributed by atoms with Gasteiger partial charge in [-0.1, -0.05) is 12.1 Å². The van der Waals surface area contributed by atoms with Crippen molar-refractivity contribution >= 4 is 21.6 Å². The highest BCUT2D eigenvalue weighted by molar-refractivity contribution is 9.10. The number of hydrogen-bond acceptors (Lipinski definition) is 2. The van der Waals surface area contributed by atoms with Gasteiger partial charge in [-0.15, -0.1) is 0 Å². The Labute approximate surface area is 112 Å². The number of nitrogens with zero attached hydrogens (tertiary/aromatic N) is 1. The summed E-state index contributed by atoms with van der Waals surface area (Å²) >= 11 is 3.61. The van der Waals surface area contributed by atoms with Gasteiger partial charge in [0.05, 0.1) is 0 Å². The zero-order valence-electron chi connectivity index (χ0n) is 10.0. The highest BCUT2D eigenvalue weighted by Crippen LogP contribution is 2.30. The molecule has 2 unspecified atom stereocenters. The maximum atomic E-state index is 3.69. The Balaban J connectivity index is 1.64. The number of rotatable bonds is 2. The molecule has 0 aromatic heterocycles. The largest absolute Gasteiger partial charge is 0.381 e. The summed E-state index contributed by atoms with van der Waals surface area (Å²) in [6, 6.07) is 9.90. The lowest BCUT2D eigenvalue weighted by atomic mass is 9.97. The number of anilines is 1. The summed E-state index contributed by atoms with van der Waals surface area (Å²) in [5.74, 6) is 0. The second kappa shape index (κ2) is 4.99. The van der Waals surface area contributed by atoms with Crippen LogP contribution in [-0.2, 0) is 0 Å². The van der Waals surface area contributed by atoms with E-state index in [1.165, 1.54) is 48.9 Å². The predicted molar refractivity (Wildman–Crippen MR) is 75.4 cm³/mol. The summed E-state index contributed by atoms with van der Waals surface area (Å²) in [4.78, 5) is 2.66. The lowest BCUT2D eigenvalue weighted by Crippen LogP contribution is -2.42. The van der Waals surface area contributed by atoms with Crippen LogP contribution in [-0.4, -0.2) is 30.1 Å². The van der Waals surface area contributed by atoms with Crippen LogP contribution >= 0.6 is 15.9 Å². The van der Waals surface area contributed by atoms with Gasteiger partial charge in [-0.05, 0) is 60.3 Å². The van der Waals surface area contributed by atoms with E-state index in [1.54, 1.807) is 0 Å². The number of halogens is 1. The Morgan fingerprint density at radius 2 is 2.06 bits per heavy atom. The van der Waals surface area contributed by atoms with Crippen molar-refractivity contribution in [1.82, 2.24) is 4.90 Å². The fourth-order valence-electron chi connectivity index (χ4n) is 3.15. The molecule has 17 heavy (non-hydrogen) atoms. The number of piperidine rings is 1. The van der Waals surface area contributed by atoms with E-state index in [9.17, 15) is 0 Å². The summed E-state index contributed by atoms with van der Waals surface area (Å²) in [6.45, 7) is 2.60. The molecule has 3 heteroatoms. The number of nitrogens with one attached hydrogen (secondary N) is 1. The molecule has 2 atom stereocenters. The van der Waals surface area contributed by atoms with Crippen LogP contribution in [0.5, 0.6) is 0 Å². The molecule has 2 nitrogen and oxygen atoms in total. The third-order valence-electron chi connectivity index (χ3n) is 4.05. The minimum atomic E-state index is 0.646. The lowest BCUT2D eigenvalue weighted by molar-refractivity contribution is 0.188. The molecule has 2 saturated heterocycles. The van der Waals surface area contributed by atoms with E-state index in [0.29, 0.717) is 6.04 Å². The van der Waals surface area contributed by atoms with Gasteiger partial charge in [0, 0.05) is 28.8 Å². The normalized spacial score (nSPS) is 29.0. The van der Waals surface area contributed by atoms with Gasteiger partial charge < -0.3 is 10.2 Å². The third-order valence-corrected chi connectivity index (χ3v) is 4.75. The van der Waals surface area contributed by atoms with Crippen LogP contribution < -0.4 is 5.32 Å². The number of benzene rings is 1. The number of fused-ring (bicyclic) bond motifs is 1. The molecule has 0 bridgehead atoms. The van der Waals surface area contributed by atoms with Crippen LogP contribution in [0.4, 0.5) is 5.69 Å². The SMILES string of the molecule is Brc1ccccc1NC1CCN2CCCC2C1. The van der Waals surface area contributed by atoms with Gasteiger partial charge in [0.15, 0.2) is 0 Å². The molecule has 2 aliphatic rings. The topological polar surface area (TPSA) is 15.3 Å². The maximum absolute atomic E-state index is 3.69. The van der Waals surface area contributed by atoms with Crippen LogP contribution in [0.15, 0.2) is 28.7 Å². The van der Waals surface area contributed by atoms with Crippen molar-refractivity contribution in [3.63, 3.8) is 0 Å². The first-order chi connectivity index (χ1) is 8.33. The molecule has 1 aromatic carbocycles. The Morgan fingerprint density at radius 3 is 2.94 bits per heavy atom. The van der Waals surface area contributed by atoms with E-state index in [2.05, 4.69) is 50.4 Å². The molecule has 0 aliphatic carbocycles. The zero-order valence-corrected chi connectivity index (χ0v) is 11.6. The highest BCUT2D eigenvalue weighted by atomic mass is 79.9. The molecule has 0 saturated carbocycles. The fourth-order valence-corrected chi connectivity index (χ4v) is 3.55. The molecular weight excluding hydrogens is 276 g/mol. The number of para-hydroxylation sites is 1. The Morgan fingerprint density at radius 1 is 1.18 bits per heavy atom. The van der Waals surface area contributed by atoms with Crippen molar-refractivity contribution in [1.29, 1.82) is 0 Å². The van der Waals surface area contributed by atoms with Crippen molar-refractivity contribution in [2.45, 2.75) is 37.8 Å². The highest BCUT2D eigenvalue weighted by Gasteiger charge is 2.31. The van der Waals surface area contributed by atoms with Gasteiger partial charge >= 0.3 is 0 Å². The summed E-state index contributed by atoms with van der Waals surface area (Å²) < 4.78 is 1.17. The van der Waals surface area contributed by atoms with Gasteiger partial charge in [-0.25, -0.2) is 0 Å². The molecule has 2 aliphatic heterocycles.